The number of nitrogens with zero attached hydrogens (tertiary/aromatic N) is 1. The normalized spacial score (nSPS) is 24.3. The molecule has 2 rings (SSSR count). The third kappa shape index (κ3) is 0.838. The first-order chi connectivity index (χ1) is 4.86. The Morgan fingerprint density at radius 2 is 2.60 bits per heavy atom. The van der Waals surface area contributed by atoms with Crippen molar-refractivity contribution in [2.45, 2.75) is 26.2 Å². The molecule has 0 spiro atoms. The first kappa shape index (κ1) is 5.96. The van der Waals surface area contributed by atoms with Crippen LogP contribution in [0.2, 0.25) is 0 Å². The highest BCUT2D eigenvalue weighted by molar-refractivity contribution is 5.19. The molecule has 54 valence electrons. The third-order valence-corrected chi connectivity index (χ3v) is 2.26. The summed E-state index contributed by atoms with van der Waals surface area (Å²) >= 11 is 0. The highest BCUT2D eigenvalue weighted by atomic mass is 15.1. The molecule has 1 atom stereocenters. The number of hydrogen-bond donors (Lipinski definition) is 1. The Morgan fingerprint density at radius 1 is 1.70 bits per heavy atom. The molecule has 0 radical (unpaired) electrons. The van der Waals surface area contributed by atoms with Crippen molar-refractivity contribution >= 4 is 0 Å². The number of fused-ring (bicyclic) bond motifs is 1. The maximum atomic E-state index is 4.01. The van der Waals surface area contributed by atoms with Crippen molar-refractivity contribution < 1.29 is 0 Å². The molecule has 10 heavy (non-hydrogen) atoms. The summed E-state index contributed by atoms with van der Waals surface area (Å²) < 4.78 is 0. The molecule has 0 fully saturated rings. The fourth-order valence-electron chi connectivity index (χ4n) is 1.60. The summed E-state index contributed by atoms with van der Waals surface area (Å²) in [4.78, 5) is 0. The molecular formula is C8H12N2. The number of H-pyrrole nitrogens is 1. The topological polar surface area (TPSA) is 28.7 Å². The summed E-state index contributed by atoms with van der Waals surface area (Å²) in [5, 5.41) is 7.04. The van der Waals surface area contributed by atoms with E-state index in [1.807, 2.05) is 6.20 Å². The Kier molecular flexibility index (Phi) is 1.26. The molecule has 0 aliphatic heterocycles. The molecule has 1 N–H and O–H groups in total. The number of nitrogens with one attached hydrogen (secondary N) is 1. The van der Waals surface area contributed by atoms with Gasteiger partial charge < -0.3 is 0 Å². The minimum Gasteiger partial charge on any atom is -0.282 e. The summed E-state index contributed by atoms with van der Waals surface area (Å²) in [7, 11) is 0. The van der Waals surface area contributed by atoms with Crippen molar-refractivity contribution in [3.8, 4) is 0 Å². The van der Waals surface area contributed by atoms with Gasteiger partial charge >= 0.3 is 0 Å². The quantitative estimate of drug-likeness (QED) is 0.575. The fourth-order valence-corrected chi connectivity index (χ4v) is 1.60. The second kappa shape index (κ2) is 2.11. The maximum Gasteiger partial charge on any atom is 0.0522 e. The van der Waals surface area contributed by atoms with Crippen molar-refractivity contribution in [2.75, 3.05) is 0 Å². The lowest BCUT2D eigenvalue weighted by atomic mass is 9.89. The van der Waals surface area contributed by atoms with Crippen molar-refractivity contribution in [1.29, 1.82) is 0 Å². The summed E-state index contributed by atoms with van der Waals surface area (Å²) in [6.45, 7) is 2.30. The summed E-state index contributed by atoms with van der Waals surface area (Å²) in [6, 6.07) is 0. The zero-order valence-corrected chi connectivity index (χ0v) is 6.22. The van der Waals surface area contributed by atoms with E-state index in [0.717, 1.165) is 5.92 Å². The number of aromatic amines is 1. The van der Waals surface area contributed by atoms with Gasteiger partial charge in [-0.2, -0.15) is 5.10 Å². The average molecular weight is 136 g/mol. The minimum absolute atomic E-state index is 0.852. The largest absolute Gasteiger partial charge is 0.282 e. The molecule has 0 saturated carbocycles. The van der Waals surface area contributed by atoms with E-state index < -0.39 is 0 Å². The van der Waals surface area contributed by atoms with Gasteiger partial charge in [0, 0.05) is 5.69 Å². The third-order valence-electron chi connectivity index (χ3n) is 2.26. The molecule has 0 aromatic carbocycles. The van der Waals surface area contributed by atoms with Gasteiger partial charge in [-0.1, -0.05) is 6.92 Å². The van der Waals surface area contributed by atoms with Gasteiger partial charge in [0.2, 0.25) is 0 Å². The highest BCUT2D eigenvalue weighted by Gasteiger charge is 2.15. The smallest absolute Gasteiger partial charge is 0.0522 e. The second-order valence-electron chi connectivity index (χ2n) is 3.22. The van der Waals surface area contributed by atoms with Crippen LogP contribution in [-0.2, 0) is 12.8 Å². The van der Waals surface area contributed by atoms with Gasteiger partial charge in [0.05, 0.1) is 6.20 Å². The van der Waals surface area contributed by atoms with Gasteiger partial charge in [0.1, 0.15) is 0 Å². The maximum absolute atomic E-state index is 4.01. The molecule has 1 aliphatic rings. The standard InChI is InChI=1S/C8H12N2/c1-6-2-3-8-7(4-6)5-9-10-8/h5-6H,2-4H2,1H3,(H,9,10)/t6-/m0/s1. The molecule has 0 bridgehead atoms. The van der Waals surface area contributed by atoms with E-state index >= 15 is 0 Å². The number of rotatable bonds is 0. The summed E-state index contributed by atoms with van der Waals surface area (Å²) in [5.41, 5.74) is 2.79. The highest BCUT2D eigenvalue weighted by Crippen LogP contribution is 2.22. The zero-order valence-electron chi connectivity index (χ0n) is 6.22. The van der Waals surface area contributed by atoms with Crippen LogP contribution in [0.15, 0.2) is 6.20 Å². The minimum atomic E-state index is 0.852. The van der Waals surface area contributed by atoms with Gasteiger partial charge in [-0.25, -0.2) is 0 Å². The van der Waals surface area contributed by atoms with Crippen LogP contribution in [0.25, 0.3) is 0 Å². The first-order valence-electron chi connectivity index (χ1n) is 3.87. The Labute approximate surface area is 60.6 Å². The predicted octanol–water partition coefficient (Wildman–Crippen LogP) is 1.53. The van der Waals surface area contributed by atoms with Crippen LogP contribution in [0.5, 0.6) is 0 Å². The van der Waals surface area contributed by atoms with Crippen LogP contribution >= 0.6 is 0 Å². The Morgan fingerprint density at radius 3 is 3.50 bits per heavy atom. The van der Waals surface area contributed by atoms with Crippen LogP contribution in [0.4, 0.5) is 0 Å². The molecular weight excluding hydrogens is 124 g/mol. The second-order valence-corrected chi connectivity index (χ2v) is 3.22. The van der Waals surface area contributed by atoms with Crippen LogP contribution in [-0.4, -0.2) is 10.2 Å². The van der Waals surface area contributed by atoms with Crippen LogP contribution in [0.3, 0.4) is 0 Å². The number of aryl methyl sites for hydroxylation is 1. The van der Waals surface area contributed by atoms with Crippen LogP contribution in [0.1, 0.15) is 24.6 Å². The molecule has 1 aromatic heterocycles. The molecule has 0 unspecified atom stereocenters. The molecule has 1 heterocycles. The molecule has 0 amide bonds. The zero-order chi connectivity index (χ0) is 6.97. The lowest BCUT2D eigenvalue weighted by molar-refractivity contribution is 0.497. The lowest BCUT2D eigenvalue weighted by Gasteiger charge is -2.16. The van der Waals surface area contributed by atoms with Gasteiger partial charge in [-0.05, 0) is 30.7 Å². The molecule has 0 saturated heterocycles. The number of hydrogen-bond acceptors (Lipinski definition) is 1. The Hall–Kier alpha value is -0.790. The molecule has 2 nitrogen and oxygen atoms in total. The van der Waals surface area contributed by atoms with Gasteiger partial charge in [-0.15, -0.1) is 0 Å². The van der Waals surface area contributed by atoms with Crippen molar-refractivity contribution in [1.82, 2.24) is 10.2 Å². The lowest BCUT2D eigenvalue weighted by Crippen LogP contribution is -2.09. The van der Waals surface area contributed by atoms with Gasteiger partial charge in [0.15, 0.2) is 0 Å². The summed E-state index contributed by atoms with van der Waals surface area (Å²) in [5.74, 6) is 0.852. The monoisotopic (exact) mass is 136 g/mol. The van der Waals surface area contributed by atoms with E-state index in [1.54, 1.807) is 0 Å². The van der Waals surface area contributed by atoms with Crippen molar-refractivity contribution in [3.63, 3.8) is 0 Å². The van der Waals surface area contributed by atoms with E-state index in [-0.39, 0.29) is 0 Å². The van der Waals surface area contributed by atoms with Gasteiger partial charge in [0.25, 0.3) is 0 Å². The van der Waals surface area contributed by atoms with Gasteiger partial charge in [-0.3, -0.25) is 5.10 Å². The van der Waals surface area contributed by atoms with E-state index in [9.17, 15) is 0 Å². The van der Waals surface area contributed by atoms with E-state index in [1.165, 1.54) is 30.5 Å². The fraction of sp³-hybridized carbons (Fsp3) is 0.625. The Balaban J connectivity index is 2.30. The predicted molar refractivity (Wildman–Crippen MR) is 39.8 cm³/mol. The first-order valence-corrected chi connectivity index (χ1v) is 3.87. The van der Waals surface area contributed by atoms with E-state index in [2.05, 4.69) is 17.1 Å². The molecule has 2 heteroatoms. The molecule has 1 aromatic rings. The van der Waals surface area contributed by atoms with E-state index in [4.69, 9.17) is 0 Å². The Bertz CT molecular complexity index is 227. The SMILES string of the molecule is C[C@H]1CCc2[nH]ncc2C1. The van der Waals surface area contributed by atoms with Crippen LogP contribution < -0.4 is 0 Å². The summed E-state index contributed by atoms with van der Waals surface area (Å²) in [6.07, 6.45) is 5.68. The van der Waals surface area contributed by atoms with Crippen molar-refractivity contribution in [3.05, 3.63) is 17.5 Å². The number of aromatic nitrogens is 2. The molecule has 1 aliphatic carbocycles. The van der Waals surface area contributed by atoms with Crippen molar-refractivity contribution in [2.24, 2.45) is 5.92 Å². The van der Waals surface area contributed by atoms with E-state index in [0.29, 0.717) is 0 Å². The van der Waals surface area contributed by atoms with Crippen LogP contribution in [0, 0.1) is 5.92 Å². The average Bonchev–Trinajstić information content (AvgIpc) is 2.33.